The van der Waals surface area contributed by atoms with E-state index < -0.39 is 187 Å². The topological polar surface area (TPSA) is 427 Å². The van der Waals surface area contributed by atoms with Crippen molar-refractivity contribution in [2.24, 2.45) is 0 Å². The average molecular weight is 829 g/mol. The maximum Gasteiger partial charge on any atom is 0.187 e. The van der Waals surface area contributed by atoms with E-state index in [0.717, 1.165) is 0 Å². The van der Waals surface area contributed by atoms with Gasteiger partial charge >= 0.3 is 0 Å². The third-order valence-electron chi connectivity index (χ3n) is 10.3. The van der Waals surface area contributed by atoms with Gasteiger partial charge in [-0.25, -0.2) is 0 Å². The van der Waals surface area contributed by atoms with Crippen LogP contribution in [0.2, 0.25) is 0 Å². The van der Waals surface area contributed by atoms with Gasteiger partial charge in [0.1, 0.15) is 122 Å². The van der Waals surface area contributed by atoms with E-state index in [1.54, 1.807) is 0 Å². The Morgan fingerprint density at radius 1 is 0.268 bits per heavy atom. The zero-order chi connectivity index (χ0) is 41.3. The third kappa shape index (κ3) is 9.16. The summed E-state index contributed by atoms with van der Waals surface area (Å²) in [6.07, 6.45) is -48.2. The second kappa shape index (κ2) is 19.6. The van der Waals surface area contributed by atoms with Gasteiger partial charge in [0.15, 0.2) is 31.5 Å². The van der Waals surface area contributed by atoms with Crippen LogP contribution in [0.5, 0.6) is 0 Å². The molecule has 0 aromatic heterocycles. The Morgan fingerprint density at radius 3 is 0.857 bits per heavy atom. The molecule has 5 fully saturated rings. The maximum absolute atomic E-state index is 11.3. The molecule has 0 aromatic carbocycles. The Balaban J connectivity index is 1.45. The zero-order valence-corrected chi connectivity index (χ0v) is 29.2. The predicted octanol–water partition coefficient (Wildman–Crippen LogP) is -11.9. The first-order chi connectivity index (χ1) is 26.5. The Kier molecular flexibility index (Phi) is 16.1. The molecule has 5 heterocycles. The summed E-state index contributed by atoms with van der Waals surface area (Å²) in [7, 11) is 0. The molecule has 0 bridgehead atoms. The van der Waals surface area contributed by atoms with Gasteiger partial charge in [-0.15, -0.1) is 0 Å². The van der Waals surface area contributed by atoms with Crippen LogP contribution in [0, 0.1) is 0 Å². The number of ether oxygens (including phenoxy) is 9. The lowest BCUT2D eigenvalue weighted by molar-refractivity contribution is -0.412. The molecular weight excluding hydrogens is 776 g/mol. The molecule has 25 atom stereocenters. The van der Waals surface area contributed by atoms with Gasteiger partial charge in [-0.3, -0.25) is 0 Å². The summed E-state index contributed by atoms with van der Waals surface area (Å²) in [5.41, 5.74) is 0. The predicted molar refractivity (Wildman–Crippen MR) is 167 cm³/mol. The molecule has 0 radical (unpaired) electrons. The molecule has 26 nitrogen and oxygen atoms in total. The fourth-order valence-corrected chi connectivity index (χ4v) is 6.95. The summed E-state index contributed by atoms with van der Waals surface area (Å²) in [5.74, 6) is 0. The van der Waals surface area contributed by atoms with Gasteiger partial charge in [0, 0.05) is 0 Å². The van der Waals surface area contributed by atoms with Crippen molar-refractivity contribution in [2.75, 3.05) is 33.0 Å². The second-order valence-corrected chi connectivity index (χ2v) is 13.9. The third-order valence-corrected chi connectivity index (χ3v) is 10.3. The van der Waals surface area contributed by atoms with E-state index in [1.807, 2.05) is 0 Å². The highest BCUT2D eigenvalue weighted by Crippen LogP contribution is 2.36. The highest BCUT2D eigenvalue weighted by atomic mass is 16.8. The van der Waals surface area contributed by atoms with Crippen LogP contribution in [0.15, 0.2) is 0 Å². The van der Waals surface area contributed by atoms with E-state index >= 15 is 0 Å². The molecule has 0 amide bonds. The molecule has 5 rings (SSSR count). The van der Waals surface area contributed by atoms with Gasteiger partial charge in [-0.05, 0) is 0 Å². The molecule has 0 aromatic rings. The summed E-state index contributed by atoms with van der Waals surface area (Å²) in [4.78, 5) is 0. The van der Waals surface area contributed by atoms with Crippen LogP contribution in [-0.2, 0) is 42.6 Å². The summed E-state index contributed by atoms with van der Waals surface area (Å²) >= 11 is 0. The summed E-state index contributed by atoms with van der Waals surface area (Å²) in [6.45, 7) is -4.60. The minimum absolute atomic E-state index is 0.833. The second-order valence-electron chi connectivity index (χ2n) is 13.9. The number of hydrogen-bond acceptors (Lipinski definition) is 26. The SMILES string of the molecule is OC[C@H]1O[C@H](O[C@@H]2[C@H](O[C@@H]3[C@H](O[C@@H]4[C@@H](O[C@H]5[C@@H](O)[C@H](O)[C@@H](CO)O[C@H]5O)O[C@H](CO)[C@@H](O)[C@@H]4O)O[C@H](CO)[C@@H](O)[C@@H]3O)O[C@H](CO)[C@@H](O)[C@@H]2O)[C@@H](O)[C@@H](O)[C@@H]1O. The average Bonchev–Trinajstić information content (AvgIpc) is 3.19. The molecule has 56 heavy (non-hydrogen) atoms. The first-order valence-corrected chi connectivity index (χ1v) is 17.6. The lowest BCUT2D eigenvalue weighted by Gasteiger charge is -2.50. The molecule has 0 spiro atoms. The maximum atomic E-state index is 11.3. The molecule has 328 valence electrons. The van der Waals surface area contributed by atoms with Crippen LogP contribution in [0.1, 0.15) is 0 Å². The largest absolute Gasteiger partial charge is 0.394 e. The minimum atomic E-state index is -2.16. The Hall–Kier alpha value is -1.04. The van der Waals surface area contributed by atoms with E-state index in [2.05, 4.69) is 0 Å². The van der Waals surface area contributed by atoms with E-state index in [1.165, 1.54) is 0 Å². The fraction of sp³-hybridized carbons (Fsp3) is 1.00. The van der Waals surface area contributed by atoms with Crippen LogP contribution in [0.25, 0.3) is 0 Å². The van der Waals surface area contributed by atoms with Gasteiger partial charge in [0.2, 0.25) is 0 Å². The van der Waals surface area contributed by atoms with Crippen molar-refractivity contribution in [1.29, 1.82) is 0 Å². The lowest BCUT2D eigenvalue weighted by Crippen LogP contribution is -2.68. The number of hydrogen-bond donors (Lipinski definition) is 17. The Morgan fingerprint density at radius 2 is 0.518 bits per heavy atom. The van der Waals surface area contributed by atoms with Gasteiger partial charge < -0.3 is 129 Å². The first kappa shape index (κ1) is 46.0. The zero-order valence-electron chi connectivity index (χ0n) is 29.2. The Labute approximate surface area is 316 Å². The van der Waals surface area contributed by atoms with Crippen LogP contribution in [-0.4, -0.2) is 273 Å². The van der Waals surface area contributed by atoms with E-state index in [-0.39, 0.29) is 0 Å². The number of rotatable bonds is 13. The van der Waals surface area contributed by atoms with E-state index in [9.17, 15) is 86.8 Å². The highest BCUT2D eigenvalue weighted by Gasteiger charge is 2.57. The van der Waals surface area contributed by atoms with Crippen molar-refractivity contribution in [3.63, 3.8) is 0 Å². The van der Waals surface area contributed by atoms with Gasteiger partial charge in [0.05, 0.1) is 33.0 Å². The summed E-state index contributed by atoms with van der Waals surface area (Å²) < 4.78 is 50.2. The van der Waals surface area contributed by atoms with E-state index in [4.69, 9.17) is 42.6 Å². The van der Waals surface area contributed by atoms with Crippen LogP contribution in [0.3, 0.4) is 0 Å². The highest BCUT2D eigenvalue weighted by molar-refractivity contribution is 4.98. The van der Waals surface area contributed by atoms with Crippen molar-refractivity contribution in [3.8, 4) is 0 Å². The van der Waals surface area contributed by atoms with Crippen molar-refractivity contribution >= 4 is 0 Å². The van der Waals surface area contributed by atoms with Crippen molar-refractivity contribution in [1.82, 2.24) is 0 Å². The van der Waals surface area contributed by atoms with Crippen LogP contribution >= 0.6 is 0 Å². The first-order valence-electron chi connectivity index (χ1n) is 17.6. The minimum Gasteiger partial charge on any atom is -0.394 e. The van der Waals surface area contributed by atoms with Crippen LogP contribution < -0.4 is 0 Å². The molecule has 17 N–H and O–H groups in total. The molecule has 5 saturated heterocycles. The van der Waals surface area contributed by atoms with Gasteiger partial charge in [-0.1, -0.05) is 0 Å². The molecule has 0 saturated carbocycles. The summed E-state index contributed by atoms with van der Waals surface area (Å²) in [6, 6.07) is 0. The van der Waals surface area contributed by atoms with Crippen molar-refractivity contribution in [2.45, 2.75) is 154 Å². The van der Waals surface area contributed by atoms with Crippen molar-refractivity contribution in [3.05, 3.63) is 0 Å². The quantitative estimate of drug-likeness (QED) is 0.0819. The molecule has 0 aliphatic carbocycles. The normalized spacial score (nSPS) is 53.2. The molecular formula is C30H52O26. The smallest absolute Gasteiger partial charge is 0.187 e. The van der Waals surface area contributed by atoms with Gasteiger partial charge in [-0.2, -0.15) is 0 Å². The standard InChI is InChI=1S/C30H52O26/c31-1-6-12(37)17(42)22(26(47)48-6)53-28-24(19(44)14(39)8(3-33)50-28)55-30-25(20(45)15(40)10(5-35)52-30)56-29-23(18(43)13(38)9(4-34)51-29)54-27-21(46)16(41)11(36)7(2-32)49-27/h6-47H,1-5H2/t6-,7-,8-,9-,10-,11-,12-,13-,14-,15-,16+,17+,18+,19+,20+,21+,22+,23+,24+,25+,26-,27-,28-,29+,30+/m1/s1. The summed E-state index contributed by atoms with van der Waals surface area (Å²) in [5, 5.41) is 177. The van der Waals surface area contributed by atoms with Crippen molar-refractivity contribution < 1.29 is 129 Å². The molecule has 0 unspecified atom stereocenters. The monoisotopic (exact) mass is 828 g/mol. The van der Waals surface area contributed by atoms with E-state index in [0.29, 0.717) is 0 Å². The number of aliphatic hydroxyl groups is 17. The molecule has 5 aliphatic heterocycles. The van der Waals surface area contributed by atoms with Gasteiger partial charge in [0.25, 0.3) is 0 Å². The fourth-order valence-electron chi connectivity index (χ4n) is 6.95. The Bertz CT molecular complexity index is 1210. The molecule has 26 heteroatoms. The molecule has 5 aliphatic rings. The lowest BCUT2D eigenvalue weighted by atomic mass is 9.95. The number of aliphatic hydroxyl groups excluding tert-OH is 17. The van der Waals surface area contributed by atoms with Crippen LogP contribution in [0.4, 0.5) is 0 Å².